The van der Waals surface area contributed by atoms with Crippen molar-refractivity contribution in [2.75, 3.05) is 20.2 Å². The van der Waals surface area contributed by atoms with E-state index in [2.05, 4.69) is 17.2 Å². The van der Waals surface area contributed by atoms with Crippen LogP contribution >= 0.6 is 11.6 Å². The molecule has 0 saturated carbocycles. The first kappa shape index (κ1) is 16.0. The maximum Gasteiger partial charge on any atom is 0.246 e. The molecule has 2 heterocycles. The lowest BCUT2D eigenvalue weighted by molar-refractivity contribution is -0.135. The predicted octanol–water partition coefficient (Wildman–Crippen LogP) is 2.87. The molecule has 5 nitrogen and oxygen atoms in total. The summed E-state index contributed by atoms with van der Waals surface area (Å²) in [6, 6.07) is 7.86. The minimum atomic E-state index is -0.397. The zero-order valence-electron chi connectivity index (χ0n) is 13.3. The molecule has 2 aromatic rings. The monoisotopic (exact) mass is 333 g/mol. The van der Waals surface area contributed by atoms with Crippen LogP contribution in [0.15, 0.2) is 36.7 Å². The number of benzene rings is 1. The van der Waals surface area contributed by atoms with E-state index in [-0.39, 0.29) is 12.0 Å². The summed E-state index contributed by atoms with van der Waals surface area (Å²) in [7, 11) is 1.80. The van der Waals surface area contributed by atoms with Crippen LogP contribution in [0.3, 0.4) is 0 Å². The third-order valence-corrected chi connectivity index (χ3v) is 4.43. The van der Waals surface area contributed by atoms with Crippen LogP contribution in [0.1, 0.15) is 30.2 Å². The van der Waals surface area contributed by atoms with Gasteiger partial charge in [0.2, 0.25) is 5.91 Å². The molecule has 0 aliphatic carbocycles. The minimum absolute atomic E-state index is 0.0172. The molecule has 0 spiro atoms. The lowest BCUT2D eigenvalue weighted by atomic mass is 9.97. The zero-order chi connectivity index (χ0) is 16.4. The summed E-state index contributed by atoms with van der Waals surface area (Å²) in [5, 5.41) is 4.63. The molecular formula is C17H20ClN3O2. The van der Waals surface area contributed by atoms with Gasteiger partial charge in [-0.1, -0.05) is 35.9 Å². The number of ether oxygens (including phenoxy) is 1. The van der Waals surface area contributed by atoms with Gasteiger partial charge < -0.3 is 9.64 Å². The highest BCUT2D eigenvalue weighted by atomic mass is 35.5. The van der Waals surface area contributed by atoms with Gasteiger partial charge in [0.1, 0.15) is 12.1 Å². The molecule has 122 valence electrons. The Morgan fingerprint density at radius 3 is 3.04 bits per heavy atom. The van der Waals surface area contributed by atoms with Crippen molar-refractivity contribution in [3.8, 4) is 0 Å². The second-order valence-corrected chi connectivity index (χ2v) is 6.28. The molecule has 0 bridgehead atoms. The van der Waals surface area contributed by atoms with E-state index in [4.69, 9.17) is 16.3 Å². The SMILES string of the molecule is C[C@H](C(=O)N(C)C[C@H]1OCCc2ccccc21)n1cc(Cl)cn1. The summed E-state index contributed by atoms with van der Waals surface area (Å²) < 4.78 is 7.46. The van der Waals surface area contributed by atoms with Crippen LogP contribution in [0.2, 0.25) is 5.02 Å². The average Bonchev–Trinajstić information content (AvgIpc) is 3.00. The van der Waals surface area contributed by atoms with Crippen molar-refractivity contribution in [1.29, 1.82) is 0 Å². The van der Waals surface area contributed by atoms with Gasteiger partial charge in [-0.3, -0.25) is 9.48 Å². The van der Waals surface area contributed by atoms with E-state index in [1.165, 1.54) is 17.3 Å². The summed E-state index contributed by atoms with van der Waals surface area (Å²) in [4.78, 5) is 14.3. The number of carbonyl (C=O) groups excluding carboxylic acids is 1. The smallest absolute Gasteiger partial charge is 0.246 e. The van der Waals surface area contributed by atoms with Gasteiger partial charge in [0.15, 0.2) is 0 Å². The molecule has 1 aromatic heterocycles. The number of aromatic nitrogens is 2. The molecule has 3 rings (SSSR count). The number of rotatable bonds is 4. The summed E-state index contributed by atoms with van der Waals surface area (Å²) in [5.41, 5.74) is 2.48. The number of nitrogens with zero attached hydrogens (tertiary/aromatic N) is 3. The van der Waals surface area contributed by atoms with Crippen LogP contribution in [0.25, 0.3) is 0 Å². The molecule has 1 amide bonds. The van der Waals surface area contributed by atoms with Gasteiger partial charge in [0, 0.05) is 13.2 Å². The molecule has 1 aromatic carbocycles. The van der Waals surface area contributed by atoms with Crippen LogP contribution in [0.4, 0.5) is 0 Å². The molecule has 1 aliphatic rings. The zero-order valence-corrected chi connectivity index (χ0v) is 14.0. The van der Waals surface area contributed by atoms with Crippen molar-refractivity contribution in [2.45, 2.75) is 25.5 Å². The van der Waals surface area contributed by atoms with Gasteiger partial charge in [0.25, 0.3) is 0 Å². The van der Waals surface area contributed by atoms with E-state index in [0.717, 1.165) is 6.42 Å². The average molecular weight is 334 g/mol. The fourth-order valence-electron chi connectivity index (χ4n) is 2.93. The lowest BCUT2D eigenvalue weighted by Crippen LogP contribution is -2.37. The lowest BCUT2D eigenvalue weighted by Gasteiger charge is -2.30. The molecule has 1 aliphatic heterocycles. The van der Waals surface area contributed by atoms with Crippen LogP contribution in [-0.2, 0) is 16.0 Å². The molecule has 0 unspecified atom stereocenters. The van der Waals surface area contributed by atoms with E-state index in [0.29, 0.717) is 18.2 Å². The largest absolute Gasteiger partial charge is 0.371 e. The molecule has 0 N–H and O–H groups in total. The fraction of sp³-hybridized carbons (Fsp3) is 0.412. The third-order valence-electron chi connectivity index (χ3n) is 4.23. The van der Waals surface area contributed by atoms with Crippen LogP contribution in [0, 0.1) is 0 Å². The van der Waals surface area contributed by atoms with Crippen LogP contribution in [-0.4, -0.2) is 40.8 Å². The molecule has 6 heteroatoms. The Hall–Kier alpha value is -1.85. The standard InChI is InChI=1S/C17H20ClN3O2/c1-12(21-10-14(18)9-19-21)17(22)20(2)11-16-15-6-4-3-5-13(15)7-8-23-16/h3-6,9-10,12,16H,7-8,11H2,1-2H3/t12-,16-/m1/s1. The topological polar surface area (TPSA) is 47.4 Å². The highest BCUT2D eigenvalue weighted by Crippen LogP contribution is 2.28. The Morgan fingerprint density at radius 1 is 1.52 bits per heavy atom. The van der Waals surface area contributed by atoms with Crippen molar-refractivity contribution >= 4 is 17.5 Å². The van der Waals surface area contributed by atoms with Gasteiger partial charge in [-0.15, -0.1) is 0 Å². The van der Waals surface area contributed by atoms with Gasteiger partial charge in [0.05, 0.1) is 24.4 Å². The van der Waals surface area contributed by atoms with E-state index in [9.17, 15) is 4.79 Å². The number of likely N-dealkylation sites (N-methyl/N-ethyl adjacent to an activating group) is 1. The maximum absolute atomic E-state index is 12.6. The first-order chi connectivity index (χ1) is 11.1. The summed E-state index contributed by atoms with van der Waals surface area (Å²) >= 11 is 5.87. The first-order valence-corrected chi connectivity index (χ1v) is 8.08. The number of fused-ring (bicyclic) bond motifs is 1. The predicted molar refractivity (Wildman–Crippen MR) is 88.4 cm³/mol. The number of carbonyl (C=O) groups is 1. The Morgan fingerprint density at radius 2 is 2.30 bits per heavy atom. The van der Waals surface area contributed by atoms with E-state index in [1.807, 2.05) is 19.1 Å². The van der Waals surface area contributed by atoms with Gasteiger partial charge >= 0.3 is 0 Å². The van der Waals surface area contributed by atoms with Crippen molar-refractivity contribution in [3.63, 3.8) is 0 Å². The van der Waals surface area contributed by atoms with E-state index < -0.39 is 6.04 Å². The normalized spacial score (nSPS) is 18.3. The molecule has 0 fully saturated rings. The second-order valence-electron chi connectivity index (χ2n) is 5.84. The number of hydrogen-bond donors (Lipinski definition) is 0. The number of hydrogen-bond acceptors (Lipinski definition) is 3. The Balaban J connectivity index is 1.70. The van der Waals surface area contributed by atoms with Crippen molar-refractivity contribution in [3.05, 3.63) is 52.8 Å². The quantitative estimate of drug-likeness (QED) is 0.864. The van der Waals surface area contributed by atoms with Crippen molar-refractivity contribution in [2.24, 2.45) is 0 Å². The van der Waals surface area contributed by atoms with Gasteiger partial charge in [-0.25, -0.2) is 0 Å². The van der Waals surface area contributed by atoms with Crippen LogP contribution in [0.5, 0.6) is 0 Å². The molecule has 23 heavy (non-hydrogen) atoms. The minimum Gasteiger partial charge on any atom is -0.371 e. The Kier molecular flexibility index (Phi) is 4.68. The second kappa shape index (κ2) is 6.72. The molecular weight excluding hydrogens is 314 g/mol. The Bertz CT molecular complexity index is 701. The van der Waals surface area contributed by atoms with Crippen LogP contribution < -0.4 is 0 Å². The third kappa shape index (κ3) is 3.41. The highest BCUT2D eigenvalue weighted by Gasteiger charge is 2.26. The molecule has 0 saturated heterocycles. The summed E-state index contributed by atoms with van der Waals surface area (Å²) in [6.45, 7) is 3.03. The first-order valence-electron chi connectivity index (χ1n) is 7.70. The Labute approximate surface area is 140 Å². The summed E-state index contributed by atoms with van der Waals surface area (Å²) in [6.07, 6.45) is 4.03. The number of halogens is 1. The maximum atomic E-state index is 12.6. The highest BCUT2D eigenvalue weighted by molar-refractivity contribution is 6.30. The van der Waals surface area contributed by atoms with E-state index >= 15 is 0 Å². The van der Waals surface area contributed by atoms with Crippen molar-refractivity contribution < 1.29 is 9.53 Å². The molecule has 0 radical (unpaired) electrons. The molecule has 2 atom stereocenters. The fourth-order valence-corrected chi connectivity index (χ4v) is 3.07. The van der Waals surface area contributed by atoms with Crippen molar-refractivity contribution in [1.82, 2.24) is 14.7 Å². The van der Waals surface area contributed by atoms with Gasteiger partial charge in [-0.2, -0.15) is 5.10 Å². The van der Waals surface area contributed by atoms with E-state index in [1.54, 1.807) is 22.8 Å². The number of amides is 1. The van der Waals surface area contributed by atoms with Gasteiger partial charge in [-0.05, 0) is 24.5 Å². The summed E-state index contributed by atoms with van der Waals surface area (Å²) in [5.74, 6) is -0.0172.